The molecule has 3 aromatic rings. The molecule has 0 bridgehead atoms. The summed E-state index contributed by atoms with van der Waals surface area (Å²) in [6, 6.07) is 12.3. The number of benzene rings is 1. The molecule has 0 radical (unpaired) electrons. The van der Waals surface area contributed by atoms with Gasteiger partial charge >= 0.3 is 0 Å². The monoisotopic (exact) mass is 395 g/mol. The predicted molar refractivity (Wildman–Crippen MR) is 115 cm³/mol. The summed E-state index contributed by atoms with van der Waals surface area (Å²) in [7, 11) is 0. The van der Waals surface area contributed by atoms with Crippen molar-refractivity contribution in [3.05, 3.63) is 63.5 Å². The third-order valence-electron chi connectivity index (χ3n) is 4.66. The van der Waals surface area contributed by atoms with Gasteiger partial charge in [-0.25, -0.2) is 4.98 Å². The number of hydrogen-bond acceptors (Lipinski definition) is 5. The topological polar surface area (TPSA) is 60.2 Å². The van der Waals surface area contributed by atoms with Crippen molar-refractivity contribution >= 4 is 39.8 Å². The molecule has 4 nitrogen and oxygen atoms in total. The smallest absolute Gasteiger partial charge is 0.139 e. The Labute approximate surface area is 167 Å². The second-order valence-corrected chi connectivity index (χ2v) is 8.35. The van der Waals surface area contributed by atoms with Crippen LogP contribution < -0.4 is 4.90 Å². The third kappa shape index (κ3) is 3.55. The standard InChI is InChI=1S/C21H21N3OS2/c1-2-3-5-14-7-9-15(10-8-14)24-12-17(25)19(20(24)22)21-23-16(13-27-21)18-6-4-11-26-18/h4,6-11,13,22,25H,2-3,5,12H2,1H3. The van der Waals surface area contributed by atoms with Crippen molar-refractivity contribution in [2.75, 3.05) is 11.4 Å². The van der Waals surface area contributed by atoms with Crippen LogP contribution in [0.15, 0.2) is 52.9 Å². The van der Waals surface area contributed by atoms with Gasteiger partial charge in [-0.15, -0.1) is 22.7 Å². The maximum absolute atomic E-state index is 10.5. The molecule has 1 aromatic carbocycles. The van der Waals surface area contributed by atoms with Gasteiger partial charge < -0.3 is 10.0 Å². The zero-order valence-corrected chi connectivity index (χ0v) is 16.7. The summed E-state index contributed by atoms with van der Waals surface area (Å²) < 4.78 is 0. The van der Waals surface area contributed by atoms with E-state index in [0.717, 1.165) is 22.7 Å². The van der Waals surface area contributed by atoms with E-state index in [1.54, 1.807) is 11.3 Å². The van der Waals surface area contributed by atoms with E-state index in [1.165, 1.54) is 29.7 Å². The SMILES string of the molecule is CCCCc1ccc(N2CC(O)=C(c3nc(-c4cccs4)cs3)C2=N)cc1. The van der Waals surface area contributed by atoms with Crippen molar-refractivity contribution in [2.24, 2.45) is 0 Å². The minimum Gasteiger partial charge on any atom is -0.510 e. The summed E-state index contributed by atoms with van der Waals surface area (Å²) in [6.07, 6.45) is 3.44. The van der Waals surface area contributed by atoms with Crippen LogP contribution in [-0.4, -0.2) is 22.5 Å². The predicted octanol–water partition coefficient (Wildman–Crippen LogP) is 5.98. The largest absolute Gasteiger partial charge is 0.510 e. The van der Waals surface area contributed by atoms with Crippen LogP contribution in [0.2, 0.25) is 0 Å². The van der Waals surface area contributed by atoms with Crippen LogP contribution in [0, 0.1) is 5.41 Å². The number of nitrogens with one attached hydrogen (secondary N) is 1. The van der Waals surface area contributed by atoms with Gasteiger partial charge in [0, 0.05) is 11.1 Å². The van der Waals surface area contributed by atoms with Gasteiger partial charge in [-0.2, -0.15) is 0 Å². The molecule has 27 heavy (non-hydrogen) atoms. The molecule has 0 saturated heterocycles. The lowest BCUT2D eigenvalue weighted by molar-refractivity contribution is 0.411. The zero-order chi connectivity index (χ0) is 18.8. The Morgan fingerprint density at radius 2 is 2.00 bits per heavy atom. The molecule has 0 fully saturated rings. The molecule has 2 N–H and O–H groups in total. The Kier molecular flexibility index (Phi) is 5.09. The molecule has 1 aliphatic rings. The highest BCUT2D eigenvalue weighted by Crippen LogP contribution is 2.35. The fourth-order valence-corrected chi connectivity index (χ4v) is 4.82. The number of hydrogen-bond donors (Lipinski definition) is 2. The van der Waals surface area contributed by atoms with Crippen LogP contribution in [-0.2, 0) is 6.42 Å². The van der Waals surface area contributed by atoms with Crippen molar-refractivity contribution in [1.82, 2.24) is 4.98 Å². The number of thiophene rings is 1. The van der Waals surface area contributed by atoms with Gasteiger partial charge in [0.2, 0.25) is 0 Å². The Hall–Kier alpha value is -2.44. The third-order valence-corrected chi connectivity index (χ3v) is 6.41. The molecule has 0 amide bonds. The van der Waals surface area contributed by atoms with Crippen molar-refractivity contribution in [2.45, 2.75) is 26.2 Å². The van der Waals surface area contributed by atoms with E-state index in [4.69, 9.17) is 5.41 Å². The number of unbranched alkanes of at least 4 members (excludes halogenated alkanes) is 1. The Balaban J connectivity index is 1.55. The fourth-order valence-electron chi connectivity index (χ4n) is 3.17. The molecule has 0 atom stereocenters. The molecule has 0 saturated carbocycles. The second-order valence-electron chi connectivity index (χ2n) is 6.54. The molecular formula is C21H21N3OS2. The van der Waals surface area contributed by atoms with Crippen LogP contribution in [0.4, 0.5) is 5.69 Å². The Morgan fingerprint density at radius 3 is 2.70 bits per heavy atom. The lowest BCUT2D eigenvalue weighted by atomic mass is 10.1. The van der Waals surface area contributed by atoms with Gasteiger partial charge in [0.15, 0.2) is 0 Å². The van der Waals surface area contributed by atoms with Crippen LogP contribution in [0.25, 0.3) is 16.1 Å². The first-order chi connectivity index (χ1) is 13.2. The van der Waals surface area contributed by atoms with E-state index in [9.17, 15) is 5.11 Å². The first-order valence-electron chi connectivity index (χ1n) is 9.04. The van der Waals surface area contributed by atoms with Crippen molar-refractivity contribution in [1.29, 1.82) is 5.41 Å². The number of amidine groups is 1. The number of aliphatic hydroxyl groups excluding tert-OH is 1. The maximum Gasteiger partial charge on any atom is 0.139 e. The number of anilines is 1. The highest BCUT2D eigenvalue weighted by Gasteiger charge is 2.31. The molecular weight excluding hydrogens is 374 g/mol. The van der Waals surface area contributed by atoms with Gasteiger partial charge in [0.1, 0.15) is 16.6 Å². The van der Waals surface area contributed by atoms with Crippen LogP contribution in [0.3, 0.4) is 0 Å². The Morgan fingerprint density at radius 1 is 1.19 bits per heavy atom. The fraction of sp³-hybridized carbons (Fsp3) is 0.238. The van der Waals surface area contributed by atoms with E-state index in [1.807, 2.05) is 39.9 Å². The van der Waals surface area contributed by atoms with E-state index in [0.29, 0.717) is 23.0 Å². The van der Waals surface area contributed by atoms with E-state index >= 15 is 0 Å². The average molecular weight is 396 g/mol. The summed E-state index contributed by atoms with van der Waals surface area (Å²) in [5.74, 6) is 0.517. The van der Waals surface area contributed by atoms with Crippen molar-refractivity contribution < 1.29 is 5.11 Å². The van der Waals surface area contributed by atoms with E-state index in [-0.39, 0.29) is 5.76 Å². The summed E-state index contributed by atoms with van der Waals surface area (Å²) >= 11 is 3.11. The van der Waals surface area contributed by atoms with Gasteiger partial charge in [-0.05, 0) is 42.0 Å². The lowest BCUT2D eigenvalue weighted by Gasteiger charge is -2.19. The number of thiazole rings is 1. The Bertz CT molecular complexity index is 971. The maximum atomic E-state index is 10.5. The first-order valence-corrected chi connectivity index (χ1v) is 10.8. The van der Waals surface area contributed by atoms with Gasteiger partial charge in [0.05, 0.1) is 22.7 Å². The molecule has 0 aliphatic carbocycles. The number of rotatable bonds is 6. The summed E-state index contributed by atoms with van der Waals surface area (Å²) in [6.45, 7) is 2.51. The molecule has 138 valence electrons. The molecule has 0 unspecified atom stereocenters. The normalized spacial score (nSPS) is 14.4. The zero-order valence-electron chi connectivity index (χ0n) is 15.1. The average Bonchev–Trinajstić information content (AvgIpc) is 3.41. The molecule has 6 heteroatoms. The van der Waals surface area contributed by atoms with Gasteiger partial charge in [0.25, 0.3) is 0 Å². The van der Waals surface area contributed by atoms with E-state index < -0.39 is 0 Å². The summed E-state index contributed by atoms with van der Waals surface area (Å²) in [5.41, 5.74) is 3.68. The second kappa shape index (κ2) is 7.66. The lowest BCUT2D eigenvalue weighted by Crippen LogP contribution is -2.25. The van der Waals surface area contributed by atoms with Gasteiger partial charge in [-0.3, -0.25) is 5.41 Å². The molecule has 3 heterocycles. The number of aromatic nitrogens is 1. The summed E-state index contributed by atoms with van der Waals surface area (Å²) in [4.78, 5) is 7.59. The van der Waals surface area contributed by atoms with Crippen LogP contribution in [0.1, 0.15) is 30.3 Å². The number of aryl methyl sites for hydroxylation is 1. The van der Waals surface area contributed by atoms with E-state index in [2.05, 4.69) is 24.0 Å². The molecule has 0 spiro atoms. The first kappa shape index (κ1) is 17.9. The van der Waals surface area contributed by atoms with Crippen molar-refractivity contribution in [3.63, 3.8) is 0 Å². The molecule has 4 rings (SSSR count). The number of nitrogens with zero attached hydrogens (tertiary/aromatic N) is 2. The number of aliphatic hydroxyl groups is 1. The highest BCUT2D eigenvalue weighted by atomic mass is 32.1. The highest BCUT2D eigenvalue weighted by molar-refractivity contribution is 7.14. The molecule has 1 aliphatic heterocycles. The minimum absolute atomic E-state index is 0.210. The van der Waals surface area contributed by atoms with Crippen LogP contribution >= 0.6 is 22.7 Å². The minimum atomic E-state index is 0.210. The summed E-state index contributed by atoms with van der Waals surface area (Å²) in [5, 5.41) is 23.8. The van der Waals surface area contributed by atoms with Gasteiger partial charge in [-0.1, -0.05) is 31.5 Å². The van der Waals surface area contributed by atoms with Crippen molar-refractivity contribution in [3.8, 4) is 10.6 Å². The quantitative estimate of drug-likeness (QED) is 0.540. The van der Waals surface area contributed by atoms with Crippen LogP contribution in [0.5, 0.6) is 0 Å². The molecule has 2 aromatic heterocycles.